The van der Waals surface area contributed by atoms with E-state index in [1.54, 1.807) is 0 Å². The molecule has 1 amide bonds. The molecule has 0 aliphatic carbocycles. The molecular weight excluding hydrogens is 234 g/mol. The summed E-state index contributed by atoms with van der Waals surface area (Å²) < 4.78 is 0. The Labute approximate surface area is 104 Å². The molecule has 0 spiro atoms. The highest BCUT2D eigenvalue weighted by atomic mass is 16.3. The Bertz CT molecular complexity index is 534. The van der Waals surface area contributed by atoms with Gasteiger partial charge in [-0.05, 0) is 13.0 Å². The molecule has 2 rings (SSSR count). The molecule has 6 heteroatoms. The first kappa shape index (κ1) is 12.4. The molecule has 0 saturated heterocycles. The first-order chi connectivity index (χ1) is 8.65. The summed E-state index contributed by atoms with van der Waals surface area (Å²) in [4.78, 5) is 25.1. The number of carbonyl (C=O) groups is 1. The third-order valence-electron chi connectivity index (χ3n) is 2.73. The third kappa shape index (κ3) is 3.21. The molecule has 0 unspecified atom stereocenters. The predicted octanol–water partition coefficient (Wildman–Crippen LogP) is -0.270. The van der Waals surface area contributed by atoms with Crippen LogP contribution in [0.2, 0.25) is 0 Å². The average Bonchev–Trinajstić information content (AvgIpc) is 2.36. The lowest BCUT2D eigenvalue weighted by Gasteiger charge is -2.14. The topological polar surface area (TPSA) is 94.2 Å². The monoisotopic (exact) mass is 249 g/mol. The van der Waals surface area contributed by atoms with Crippen LogP contribution in [0, 0.1) is 0 Å². The number of nitrogens with one attached hydrogen (secondary N) is 3. The third-order valence-corrected chi connectivity index (χ3v) is 2.73. The van der Waals surface area contributed by atoms with Gasteiger partial charge in [0, 0.05) is 25.2 Å². The summed E-state index contributed by atoms with van der Waals surface area (Å²) in [7, 11) is 0. The number of carbonyl (C=O) groups excluding carboxylic acids is 1. The van der Waals surface area contributed by atoms with E-state index in [-0.39, 0.29) is 17.4 Å². The molecule has 6 nitrogen and oxygen atoms in total. The van der Waals surface area contributed by atoms with E-state index < -0.39 is 5.56 Å². The van der Waals surface area contributed by atoms with Gasteiger partial charge in [-0.1, -0.05) is 11.6 Å². The van der Waals surface area contributed by atoms with Crippen LogP contribution in [0.5, 0.6) is 5.88 Å². The van der Waals surface area contributed by atoms with Gasteiger partial charge < -0.3 is 15.7 Å². The van der Waals surface area contributed by atoms with Crippen LogP contribution in [-0.2, 0) is 0 Å². The normalized spacial score (nSPS) is 15.0. The van der Waals surface area contributed by atoms with E-state index in [0.29, 0.717) is 6.54 Å². The Balaban J connectivity index is 1.99. The Morgan fingerprint density at radius 2 is 2.28 bits per heavy atom. The highest BCUT2D eigenvalue weighted by molar-refractivity contribution is 5.94. The lowest BCUT2D eigenvalue weighted by Crippen LogP contribution is -2.30. The molecule has 18 heavy (non-hydrogen) atoms. The zero-order chi connectivity index (χ0) is 13.0. The second kappa shape index (κ2) is 5.50. The van der Waals surface area contributed by atoms with Crippen molar-refractivity contribution in [2.75, 3.05) is 19.6 Å². The minimum atomic E-state index is -0.499. The Morgan fingerprint density at radius 1 is 1.44 bits per heavy atom. The highest BCUT2D eigenvalue weighted by Crippen LogP contribution is 2.06. The smallest absolute Gasteiger partial charge is 0.251 e. The molecule has 1 aliphatic rings. The van der Waals surface area contributed by atoms with Crippen molar-refractivity contribution < 1.29 is 9.90 Å². The number of H-pyrrole nitrogens is 1. The Morgan fingerprint density at radius 3 is 2.94 bits per heavy atom. The quantitative estimate of drug-likeness (QED) is 0.555. The maximum Gasteiger partial charge on any atom is 0.251 e. The van der Waals surface area contributed by atoms with Crippen LogP contribution in [0.25, 0.3) is 0 Å². The molecule has 2 heterocycles. The fourth-order valence-electron chi connectivity index (χ4n) is 1.79. The fourth-order valence-corrected chi connectivity index (χ4v) is 1.79. The zero-order valence-electron chi connectivity index (χ0n) is 9.82. The van der Waals surface area contributed by atoms with Crippen molar-refractivity contribution >= 4 is 5.91 Å². The van der Waals surface area contributed by atoms with E-state index in [2.05, 4.69) is 15.6 Å². The molecule has 1 aromatic rings. The molecule has 4 N–H and O–H groups in total. The van der Waals surface area contributed by atoms with Crippen LogP contribution < -0.4 is 16.2 Å². The second-order valence-corrected chi connectivity index (χ2v) is 4.12. The van der Waals surface area contributed by atoms with E-state index >= 15 is 0 Å². The van der Waals surface area contributed by atoms with Crippen molar-refractivity contribution in [3.63, 3.8) is 0 Å². The SMILES string of the molecule is O=C(NCC1=CCNCC1)c1cc(O)[nH]c(=O)c1. The van der Waals surface area contributed by atoms with Crippen LogP contribution in [0.4, 0.5) is 0 Å². The summed E-state index contributed by atoms with van der Waals surface area (Å²) in [5.41, 5.74) is 0.822. The van der Waals surface area contributed by atoms with Gasteiger partial charge in [-0.25, -0.2) is 0 Å². The standard InChI is InChI=1S/C12H15N3O3/c16-10-5-9(6-11(17)15-10)12(18)14-7-8-1-3-13-4-2-8/h1,5-6,13H,2-4,7H2,(H,14,18)(H2,15,16,17). The molecule has 0 atom stereocenters. The minimum Gasteiger partial charge on any atom is -0.494 e. The number of pyridine rings is 1. The average molecular weight is 249 g/mol. The van der Waals surface area contributed by atoms with Gasteiger partial charge in [-0.15, -0.1) is 0 Å². The minimum absolute atomic E-state index is 0.158. The Hall–Kier alpha value is -2.08. The molecular formula is C12H15N3O3. The van der Waals surface area contributed by atoms with Crippen molar-refractivity contribution in [2.45, 2.75) is 6.42 Å². The summed E-state index contributed by atoms with van der Waals surface area (Å²) in [5, 5.41) is 15.1. The van der Waals surface area contributed by atoms with Gasteiger partial charge in [0.05, 0.1) is 5.56 Å². The van der Waals surface area contributed by atoms with Crippen molar-refractivity contribution in [3.8, 4) is 5.88 Å². The van der Waals surface area contributed by atoms with Gasteiger partial charge in [-0.3, -0.25) is 14.6 Å². The van der Waals surface area contributed by atoms with E-state index in [9.17, 15) is 14.7 Å². The maximum atomic E-state index is 11.8. The number of amides is 1. The highest BCUT2D eigenvalue weighted by Gasteiger charge is 2.09. The number of aromatic amines is 1. The van der Waals surface area contributed by atoms with Gasteiger partial charge in [0.25, 0.3) is 11.5 Å². The summed E-state index contributed by atoms with van der Waals surface area (Å²) in [6.07, 6.45) is 2.94. The Kier molecular flexibility index (Phi) is 3.78. The summed E-state index contributed by atoms with van der Waals surface area (Å²) >= 11 is 0. The van der Waals surface area contributed by atoms with Crippen LogP contribution >= 0.6 is 0 Å². The first-order valence-electron chi connectivity index (χ1n) is 5.75. The molecule has 0 aromatic carbocycles. The molecule has 0 radical (unpaired) electrons. The number of aromatic nitrogens is 1. The van der Waals surface area contributed by atoms with Crippen molar-refractivity contribution in [2.24, 2.45) is 0 Å². The number of hydrogen-bond acceptors (Lipinski definition) is 4. The van der Waals surface area contributed by atoms with Gasteiger partial charge >= 0.3 is 0 Å². The molecule has 96 valence electrons. The molecule has 1 aromatic heterocycles. The molecule has 0 saturated carbocycles. The second-order valence-electron chi connectivity index (χ2n) is 4.12. The summed E-state index contributed by atoms with van der Waals surface area (Å²) in [6.45, 7) is 2.19. The molecule has 0 bridgehead atoms. The number of aromatic hydroxyl groups is 1. The molecule has 0 fully saturated rings. The van der Waals surface area contributed by atoms with Crippen molar-refractivity contribution in [3.05, 3.63) is 39.7 Å². The van der Waals surface area contributed by atoms with Gasteiger partial charge in [0.1, 0.15) is 0 Å². The van der Waals surface area contributed by atoms with Crippen LogP contribution in [0.1, 0.15) is 16.8 Å². The van der Waals surface area contributed by atoms with Crippen LogP contribution in [0.3, 0.4) is 0 Å². The van der Waals surface area contributed by atoms with E-state index in [4.69, 9.17) is 0 Å². The predicted molar refractivity (Wildman–Crippen MR) is 66.6 cm³/mol. The number of rotatable bonds is 3. The van der Waals surface area contributed by atoms with Crippen molar-refractivity contribution in [1.82, 2.24) is 15.6 Å². The lowest BCUT2D eigenvalue weighted by atomic mass is 10.1. The van der Waals surface area contributed by atoms with Gasteiger partial charge in [0.15, 0.2) is 5.88 Å². The summed E-state index contributed by atoms with van der Waals surface area (Å²) in [5.74, 6) is -0.676. The largest absolute Gasteiger partial charge is 0.494 e. The van der Waals surface area contributed by atoms with Gasteiger partial charge in [-0.2, -0.15) is 0 Å². The lowest BCUT2D eigenvalue weighted by molar-refractivity contribution is 0.0956. The zero-order valence-corrected chi connectivity index (χ0v) is 9.82. The van der Waals surface area contributed by atoms with E-state index in [1.165, 1.54) is 6.07 Å². The van der Waals surface area contributed by atoms with Crippen LogP contribution in [0.15, 0.2) is 28.6 Å². The maximum absolute atomic E-state index is 11.8. The molecule has 1 aliphatic heterocycles. The first-order valence-corrected chi connectivity index (χ1v) is 5.75. The van der Waals surface area contributed by atoms with Crippen molar-refractivity contribution in [1.29, 1.82) is 0 Å². The summed E-state index contributed by atoms with van der Waals surface area (Å²) in [6, 6.07) is 2.39. The van der Waals surface area contributed by atoms with Gasteiger partial charge in [0.2, 0.25) is 0 Å². The van der Waals surface area contributed by atoms with Crippen LogP contribution in [-0.4, -0.2) is 35.6 Å². The number of hydrogen-bond donors (Lipinski definition) is 4. The van der Waals surface area contributed by atoms with E-state index in [1.807, 2.05) is 6.08 Å². The van der Waals surface area contributed by atoms with E-state index in [0.717, 1.165) is 31.1 Å². The fraction of sp³-hybridized carbons (Fsp3) is 0.333.